The van der Waals surface area contributed by atoms with Crippen molar-refractivity contribution in [2.24, 2.45) is 0 Å². The summed E-state index contributed by atoms with van der Waals surface area (Å²) in [5, 5.41) is 5.22. The van der Waals surface area contributed by atoms with Crippen LogP contribution in [-0.2, 0) is 4.79 Å². The van der Waals surface area contributed by atoms with Crippen LogP contribution in [0.1, 0.15) is 31.0 Å². The number of unbranched alkanes of at least 4 members (excludes halogenated alkanes) is 1. The van der Waals surface area contributed by atoms with Crippen molar-refractivity contribution in [2.45, 2.75) is 26.7 Å². The summed E-state index contributed by atoms with van der Waals surface area (Å²) in [5.74, 6) is 1.15. The number of aromatic nitrogens is 1. The Bertz CT molecular complexity index is 710. The second-order valence-electron chi connectivity index (χ2n) is 5.23. The van der Waals surface area contributed by atoms with Gasteiger partial charge in [0.2, 0.25) is 5.91 Å². The highest BCUT2D eigenvalue weighted by Crippen LogP contribution is 2.28. The van der Waals surface area contributed by atoms with Gasteiger partial charge < -0.3 is 9.47 Å². The zero-order chi connectivity index (χ0) is 17.4. The molecule has 0 aliphatic carbocycles. The van der Waals surface area contributed by atoms with Crippen LogP contribution in [0.3, 0.4) is 0 Å². The van der Waals surface area contributed by atoms with Crippen molar-refractivity contribution in [1.29, 1.82) is 0 Å². The zero-order valence-electron chi connectivity index (χ0n) is 14.2. The first-order chi connectivity index (χ1) is 11.6. The Kier molecular flexibility index (Phi) is 6.81. The molecule has 0 fully saturated rings. The number of benzene rings is 1. The van der Waals surface area contributed by atoms with Gasteiger partial charge in [0.05, 0.1) is 19.4 Å². The fourth-order valence-corrected chi connectivity index (χ4v) is 2.66. The number of anilines is 1. The number of rotatable bonds is 8. The lowest BCUT2D eigenvalue weighted by molar-refractivity contribution is -0.111. The molecule has 5 nitrogen and oxygen atoms in total. The lowest BCUT2D eigenvalue weighted by Gasteiger charge is -2.10. The van der Waals surface area contributed by atoms with Gasteiger partial charge in [0.25, 0.3) is 0 Å². The van der Waals surface area contributed by atoms with E-state index in [1.165, 1.54) is 17.4 Å². The molecule has 1 N–H and O–H groups in total. The summed E-state index contributed by atoms with van der Waals surface area (Å²) in [6.07, 6.45) is 5.29. The second-order valence-corrected chi connectivity index (χ2v) is 6.09. The lowest BCUT2D eigenvalue weighted by atomic mass is 10.2. The summed E-state index contributed by atoms with van der Waals surface area (Å²) in [7, 11) is 1.60. The third-order valence-corrected chi connectivity index (χ3v) is 4.10. The van der Waals surface area contributed by atoms with Gasteiger partial charge in [0, 0.05) is 11.5 Å². The Hall–Kier alpha value is -2.34. The summed E-state index contributed by atoms with van der Waals surface area (Å²) >= 11 is 1.40. The highest BCUT2D eigenvalue weighted by atomic mass is 32.1. The van der Waals surface area contributed by atoms with Gasteiger partial charge in [0.15, 0.2) is 16.6 Å². The topological polar surface area (TPSA) is 60.5 Å². The van der Waals surface area contributed by atoms with Crippen molar-refractivity contribution in [3.8, 4) is 11.5 Å². The van der Waals surface area contributed by atoms with E-state index in [0.29, 0.717) is 23.2 Å². The van der Waals surface area contributed by atoms with E-state index in [-0.39, 0.29) is 5.91 Å². The number of carbonyl (C=O) groups excluding carboxylic acids is 1. The van der Waals surface area contributed by atoms with Crippen molar-refractivity contribution in [2.75, 3.05) is 19.0 Å². The molecule has 0 aliphatic rings. The summed E-state index contributed by atoms with van der Waals surface area (Å²) in [6, 6.07) is 5.59. The van der Waals surface area contributed by atoms with E-state index in [9.17, 15) is 4.79 Å². The number of methoxy groups -OCH3 is 1. The molecule has 0 saturated carbocycles. The number of hydrogen-bond acceptors (Lipinski definition) is 5. The van der Waals surface area contributed by atoms with E-state index < -0.39 is 0 Å². The van der Waals surface area contributed by atoms with Crippen LogP contribution in [0.15, 0.2) is 29.7 Å². The van der Waals surface area contributed by atoms with E-state index in [4.69, 9.17) is 9.47 Å². The van der Waals surface area contributed by atoms with E-state index >= 15 is 0 Å². The van der Waals surface area contributed by atoms with Crippen LogP contribution in [0.2, 0.25) is 0 Å². The van der Waals surface area contributed by atoms with Crippen LogP contribution in [0.25, 0.3) is 6.08 Å². The quantitative estimate of drug-likeness (QED) is 0.572. The molecule has 2 aromatic rings. The van der Waals surface area contributed by atoms with Crippen LogP contribution >= 0.6 is 11.3 Å². The minimum atomic E-state index is -0.216. The number of nitrogens with one attached hydrogen (secondary N) is 1. The van der Waals surface area contributed by atoms with Gasteiger partial charge in [-0.1, -0.05) is 19.4 Å². The Balaban J connectivity index is 1.99. The normalized spacial score (nSPS) is 10.8. The highest BCUT2D eigenvalue weighted by Gasteiger charge is 2.05. The highest BCUT2D eigenvalue weighted by molar-refractivity contribution is 7.13. The van der Waals surface area contributed by atoms with E-state index in [1.807, 2.05) is 30.5 Å². The van der Waals surface area contributed by atoms with Crippen LogP contribution < -0.4 is 14.8 Å². The number of carbonyl (C=O) groups is 1. The predicted octanol–water partition coefficient (Wildman–Crippen LogP) is 4.29. The molecule has 0 aliphatic heterocycles. The first-order valence-corrected chi connectivity index (χ1v) is 8.72. The number of nitrogens with zero attached hydrogens (tertiary/aromatic N) is 1. The molecule has 0 saturated heterocycles. The third kappa shape index (κ3) is 5.38. The lowest BCUT2D eigenvalue weighted by Crippen LogP contribution is -2.07. The van der Waals surface area contributed by atoms with Crippen molar-refractivity contribution in [1.82, 2.24) is 4.98 Å². The molecule has 0 unspecified atom stereocenters. The van der Waals surface area contributed by atoms with Crippen LogP contribution in [-0.4, -0.2) is 24.6 Å². The fourth-order valence-electron chi connectivity index (χ4n) is 1.96. The van der Waals surface area contributed by atoms with Crippen LogP contribution in [0.5, 0.6) is 11.5 Å². The molecule has 0 atom stereocenters. The average molecular weight is 346 g/mol. The van der Waals surface area contributed by atoms with E-state index in [1.54, 1.807) is 13.2 Å². The molecular formula is C18H22N2O3S. The first kappa shape index (κ1) is 18.0. The maximum Gasteiger partial charge on any atom is 0.250 e. The SMILES string of the molecule is CCCCOc1ccc(/C=C/C(=O)Nc2nc(C)cs2)cc1OC. The average Bonchev–Trinajstić information content (AvgIpc) is 2.98. The zero-order valence-corrected chi connectivity index (χ0v) is 15.0. The van der Waals surface area contributed by atoms with Crippen molar-refractivity contribution in [3.05, 3.63) is 40.9 Å². The molecule has 2 rings (SSSR count). The van der Waals surface area contributed by atoms with Gasteiger partial charge in [0.1, 0.15) is 0 Å². The molecule has 1 aromatic carbocycles. The van der Waals surface area contributed by atoms with Crippen molar-refractivity contribution < 1.29 is 14.3 Å². The van der Waals surface area contributed by atoms with Crippen LogP contribution in [0, 0.1) is 6.92 Å². The molecule has 24 heavy (non-hydrogen) atoms. The van der Waals surface area contributed by atoms with Gasteiger partial charge in [-0.25, -0.2) is 4.98 Å². The minimum Gasteiger partial charge on any atom is -0.493 e. The number of thiazole rings is 1. The summed E-state index contributed by atoms with van der Waals surface area (Å²) in [4.78, 5) is 16.1. The number of amides is 1. The Morgan fingerprint density at radius 3 is 2.88 bits per heavy atom. The van der Waals surface area contributed by atoms with Gasteiger partial charge >= 0.3 is 0 Å². The number of hydrogen-bond donors (Lipinski definition) is 1. The largest absolute Gasteiger partial charge is 0.493 e. The monoisotopic (exact) mass is 346 g/mol. The molecular weight excluding hydrogens is 324 g/mol. The molecule has 1 amide bonds. The van der Waals surface area contributed by atoms with Gasteiger partial charge in [-0.3, -0.25) is 10.1 Å². The maximum absolute atomic E-state index is 11.9. The summed E-state index contributed by atoms with van der Waals surface area (Å²) in [6.45, 7) is 4.67. The Labute approximate surface area is 146 Å². The molecule has 128 valence electrons. The van der Waals surface area contributed by atoms with Gasteiger partial charge in [-0.05, 0) is 37.1 Å². The molecule has 6 heteroatoms. The summed E-state index contributed by atoms with van der Waals surface area (Å²) in [5.41, 5.74) is 1.75. The Morgan fingerprint density at radius 1 is 1.38 bits per heavy atom. The smallest absolute Gasteiger partial charge is 0.250 e. The number of aryl methyl sites for hydroxylation is 1. The standard InChI is InChI=1S/C18H22N2O3S/c1-4-5-10-23-15-8-6-14(11-16(15)22-3)7-9-17(21)20-18-19-13(2)12-24-18/h6-9,11-12H,4-5,10H2,1-3H3,(H,19,20,21)/b9-7+. The first-order valence-electron chi connectivity index (χ1n) is 7.84. The fraction of sp³-hybridized carbons (Fsp3) is 0.333. The van der Waals surface area contributed by atoms with Gasteiger partial charge in [-0.2, -0.15) is 0 Å². The summed E-state index contributed by atoms with van der Waals surface area (Å²) < 4.78 is 11.0. The molecule has 0 radical (unpaired) electrons. The predicted molar refractivity (Wildman–Crippen MR) is 97.9 cm³/mol. The minimum absolute atomic E-state index is 0.216. The second kappa shape index (κ2) is 9.08. The third-order valence-electron chi connectivity index (χ3n) is 3.22. The van der Waals surface area contributed by atoms with Gasteiger partial charge in [-0.15, -0.1) is 11.3 Å². The molecule has 0 bridgehead atoms. The Morgan fingerprint density at radius 2 is 2.21 bits per heavy atom. The molecule has 0 spiro atoms. The van der Waals surface area contributed by atoms with E-state index in [2.05, 4.69) is 17.2 Å². The van der Waals surface area contributed by atoms with E-state index in [0.717, 1.165) is 24.1 Å². The molecule has 1 aromatic heterocycles. The maximum atomic E-state index is 11.9. The van der Waals surface area contributed by atoms with Crippen molar-refractivity contribution in [3.63, 3.8) is 0 Å². The molecule has 1 heterocycles. The number of ether oxygens (including phenoxy) is 2. The van der Waals surface area contributed by atoms with Crippen molar-refractivity contribution >= 4 is 28.5 Å². The van der Waals surface area contributed by atoms with Crippen LogP contribution in [0.4, 0.5) is 5.13 Å².